The molecule has 0 unspecified atom stereocenters. The lowest BCUT2D eigenvalue weighted by Gasteiger charge is -2.22. The molecule has 1 amide bonds. The average molecular weight is 345 g/mol. The van der Waals surface area contributed by atoms with E-state index in [0.29, 0.717) is 25.1 Å². The maximum absolute atomic E-state index is 13.1. The van der Waals surface area contributed by atoms with Crippen molar-refractivity contribution in [3.63, 3.8) is 0 Å². The number of nitrogen functional groups attached to an aromatic ring is 1. The summed E-state index contributed by atoms with van der Waals surface area (Å²) >= 11 is 0. The van der Waals surface area contributed by atoms with E-state index in [2.05, 4.69) is 4.98 Å². The van der Waals surface area contributed by atoms with Gasteiger partial charge in [0.25, 0.3) is 5.91 Å². The maximum atomic E-state index is 13.1. The number of halogens is 1. The number of pyridine rings is 1. The highest BCUT2D eigenvalue weighted by Crippen LogP contribution is 2.19. The van der Waals surface area contributed by atoms with E-state index in [1.54, 1.807) is 24.9 Å². The fraction of sp³-hybridized carbons (Fsp3) is 0.368. The number of nitrogens with zero attached hydrogens (tertiary/aromatic N) is 2. The summed E-state index contributed by atoms with van der Waals surface area (Å²) in [6.07, 6.45) is 2.22. The molecule has 0 aliphatic carbocycles. The van der Waals surface area contributed by atoms with Crippen molar-refractivity contribution in [1.29, 1.82) is 0 Å². The maximum Gasteiger partial charge on any atom is 0.255 e. The van der Waals surface area contributed by atoms with Gasteiger partial charge in [-0.3, -0.25) is 9.78 Å². The lowest BCUT2D eigenvalue weighted by Crippen LogP contribution is -2.33. The lowest BCUT2D eigenvalue weighted by atomic mass is 10.0. The van der Waals surface area contributed by atoms with Gasteiger partial charge >= 0.3 is 0 Å². The van der Waals surface area contributed by atoms with Gasteiger partial charge in [-0.05, 0) is 45.0 Å². The van der Waals surface area contributed by atoms with Gasteiger partial charge in [0.05, 0.1) is 11.2 Å². The Morgan fingerprint density at radius 1 is 1.32 bits per heavy atom. The smallest absolute Gasteiger partial charge is 0.255 e. The monoisotopic (exact) mass is 345 g/mol. The molecule has 5 nitrogen and oxygen atoms in total. The summed E-state index contributed by atoms with van der Waals surface area (Å²) in [7, 11) is 0. The van der Waals surface area contributed by atoms with E-state index in [1.807, 2.05) is 19.1 Å². The molecule has 134 valence electrons. The van der Waals surface area contributed by atoms with E-state index >= 15 is 0 Å². The van der Waals surface area contributed by atoms with Gasteiger partial charge in [0.1, 0.15) is 5.82 Å². The lowest BCUT2D eigenvalue weighted by molar-refractivity contribution is 0.0766. The Labute approximate surface area is 147 Å². The number of rotatable bonds is 6. The Kier molecular flexibility index (Phi) is 5.74. The molecule has 25 heavy (non-hydrogen) atoms. The van der Waals surface area contributed by atoms with Gasteiger partial charge in [0.15, 0.2) is 0 Å². The third kappa shape index (κ3) is 4.76. The summed E-state index contributed by atoms with van der Waals surface area (Å²) in [5.74, 6) is -0.693. The normalized spacial score (nSPS) is 11.4. The number of anilines is 1. The van der Waals surface area contributed by atoms with E-state index < -0.39 is 11.4 Å². The summed E-state index contributed by atoms with van der Waals surface area (Å²) < 4.78 is 13.1. The van der Waals surface area contributed by atoms with E-state index in [9.17, 15) is 14.3 Å². The number of aromatic nitrogens is 1. The van der Waals surface area contributed by atoms with Crippen molar-refractivity contribution < 1.29 is 14.3 Å². The Balaban J connectivity index is 2.05. The second kappa shape index (κ2) is 7.61. The molecule has 0 fully saturated rings. The molecule has 1 heterocycles. The van der Waals surface area contributed by atoms with Crippen molar-refractivity contribution in [1.82, 2.24) is 9.88 Å². The molecule has 2 rings (SSSR count). The van der Waals surface area contributed by atoms with E-state index in [1.165, 1.54) is 12.1 Å². The molecule has 0 aliphatic rings. The standard InChI is InChI=1S/C19H24FN3O2/c1-4-23(18(24)16-8-6-14(20)11-17(16)21)10-9-15-7-5-13(12-22-15)19(2,3)25/h5-8,11-12,25H,4,9-10,21H2,1-3H3. The van der Waals surface area contributed by atoms with Crippen LogP contribution in [0.15, 0.2) is 36.5 Å². The first-order valence-electron chi connectivity index (χ1n) is 8.24. The highest BCUT2D eigenvalue weighted by Gasteiger charge is 2.18. The fourth-order valence-electron chi connectivity index (χ4n) is 2.49. The molecular formula is C19H24FN3O2. The molecule has 0 radical (unpaired) electrons. The topological polar surface area (TPSA) is 79.5 Å². The van der Waals surface area contributed by atoms with Gasteiger partial charge in [0, 0.05) is 42.7 Å². The van der Waals surface area contributed by atoms with Crippen molar-refractivity contribution in [3.8, 4) is 0 Å². The third-order valence-corrected chi connectivity index (χ3v) is 4.08. The van der Waals surface area contributed by atoms with Gasteiger partial charge in [0.2, 0.25) is 0 Å². The average Bonchev–Trinajstić information content (AvgIpc) is 2.54. The van der Waals surface area contributed by atoms with Crippen LogP contribution in [-0.4, -0.2) is 34.0 Å². The van der Waals surface area contributed by atoms with E-state index in [-0.39, 0.29) is 11.6 Å². The summed E-state index contributed by atoms with van der Waals surface area (Å²) in [4.78, 5) is 18.6. The zero-order valence-electron chi connectivity index (χ0n) is 14.8. The molecule has 0 saturated heterocycles. The van der Waals surface area contributed by atoms with Crippen LogP contribution >= 0.6 is 0 Å². The van der Waals surface area contributed by atoms with Crippen LogP contribution in [0.3, 0.4) is 0 Å². The highest BCUT2D eigenvalue weighted by molar-refractivity contribution is 5.99. The van der Waals surface area contributed by atoms with Crippen molar-refractivity contribution in [2.75, 3.05) is 18.8 Å². The molecule has 0 bridgehead atoms. The number of likely N-dealkylation sites (N-methyl/N-ethyl adjacent to an activating group) is 1. The SMILES string of the molecule is CCN(CCc1ccc(C(C)(C)O)cn1)C(=O)c1ccc(F)cc1N. The summed E-state index contributed by atoms with van der Waals surface area (Å²) in [6.45, 7) is 6.27. The number of carbonyl (C=O) groups excluding carboxylic acids is 1. The van der Waals surface area contributed by atoms with Gasteiger partial charge in [-0.1, -0.05) is 6.07 Å². The minimum Gasteiger partial charge on any atom is -0.398 e. The second-order valence-electron chi connectivity index (χ2n) is 6.46. The minimum atomic E-state index is -0.933. The number of aliphatic hydroxyl groups is 1. The molecule has 1 aromatic carbocycles. The third-order valence-electron chi connectivity index (χ3n) is 4.08. The van der Waals surface area contributed by atoms with Crippen molar-refractivity contribution in [2.24, 2.45) is 0 Å². The highest BCUT2D eigenvalue weighted by atomic mass is 19.1. The molecule has 6 heteroatoms. The van der Waals surface area contributed by atoms with E-state index in [4.69, 9.17) is 5.73 Å². The van der Waals surface area contributed by atoms with Crippen LogP contribution in [0.1, 0.15) is 42.4 Å². The largest absolute Gasteiger partial charge is 0.398 e. The first-order valence-corrected chi connectivity index (χ1v) is 8.24. The second-order valence-corrected chi connectivity index (χ2v) is 6.46. The van der Waals surface area contributed by atoms with Gasteiger partial charge in [-0.2, -0.15) is 0 Å². The van der Waals surface area contributed by atoms with E-state index in [0.717, 1.165) is 17.3 Å². The number of benzene rings is 1. The van der Waals surface area contributed by atoms with Crippen LogP contribution in [0.4, 0.5) is 10.1 Å². The molecule has 0 atom stereocenters. The number of nitrogens with two attached hydrogens (primary N) is 1. The molecular weight excluding hydrogens is 321 g/mol. The van der Waals surface area contributed by atoms with Crippen LogP contribution in [0.5, 0.6) is 0 Å². The van der Waals surface area contributed by atoms with Gasteiger partial charge in [-0.15, -0.1) is 0 Å². The Morgan fingerprint density at radius 2 is 2.04 bits per heavy atom. The zero-order valence-corrected chi connectivity index (χ0v) is 14.8. The van der Waals surface area contributed by atoms with Gasteiger partial charge < -0.3 is 15.7 Å². The summed E-state index contributed by atoms with van der Waals surface area (Å²) in [5, 5.41) is 9.95. The Hall–Kier alpha value is -2.47. The molecule has 0 saturated carbocycles. The first kappa shape index (κ1) is 18.9. The Bertz CT molecular complexity index is 739. The van der Waals surface area contributed by atoms with Gasteiger partial charge in [-0.25, -0.2) is 4.39 Å². The Morgan fingerprint density at radius 3 is 2.56 bits per heavy atom. The van der Waals surface area contributed by atoms with Crippen molar-refractivity contribution in [2.45, 2.75) is 32.8 Å². The summed E-state index contributed by atoms with van der Waals surface area (Å²) in [6, 6.07) is 7.47. The van der Waals surface area contributed by atoms with Crippen LogP contribution < -0.4 is 5.73 Å². The van der Waals surface area contributed by atoms with Crippen LogP contribution in [0.2, 0.25) is 0 Å². The fourth-order valence-corrected chi connectivity index (χ4v) is 2.49. The molecule has 0 spiro atoms. The number of hydrogen-bond acceptors (Lipinski definition) is 4. The molecule has 1 aromatic heterocycles. The predicted octanol–water partition coefficient (Wildman–Crippen LogP) is 2.74. The number of amides is 1. The van der Waals surface area contributed by atoms with Crippen molar-refractivity contribution >= 4 is 11.6 Å². The molecule has 0 aliphatic heterocycles. The summed E-state index contributed by atoms with van der Waals surface area (Å²) in [5.41, 5.74) is 6.82. The van der Waals surface area contributed by atoms with Crippen LogP contribution in [0.25, 0.3) is 0 Å². The van der Waals surface area contributed by atoms with Crippen LogP contribution in [0, 0.1) is 5.82 Å². The van der Waals surface area contributed by atoms with Crippen LogP contribution in [-0.2, 0) is 12.0 Å². The first-order chi connectivity index (χ1) is 11.7. The quantitative estimate of drug-likeness (QED) is 0.789. The minimum absolute atomic E-state index is 0.135. The van der Waals surface area contributed by atoms with Crippen molar-refractivity contribution in [3.05, 3.63) is 59.2 Å². The molecule has 3 N–H and O–H groups in total. The zero-order chi connectivity index (χ0) is 18.6. The molecule has 2 aromatic rings. The predicted molar refractivity (Wildman–Crippen MR) is 95.6 cm³/mol. The number of carbonyl (C=O) groups is 1. The number of hydrogen-bond donors (Lipinski definition) is 2.